The van der Waals surface area contributed by atoms with Crippen LogP contribution >= 0.6 is 43.4 Å². The van der Waals surface area contributed by atoms with Crippen molar-refractivity contribution in [1.29, 1.82) is 0 Å². The van der Waals surface area contributed by atoms with Gasteiger partial charge in [0.15, 0.2) is 0 Å². The van der Waals surface area contributed by atoms with Gasteiger partial charge in [0.1, 0.15) is 0 Å². The van der Waals surface area contributed by atoms with Crippen molar-refractivity contribution in [3.8, 4) is 0 Å². The molecule has 0 aromatic rings. The van der Waals surface area contributed by atoms with Crippen LogP contribution in [0.25, 0.3) is 0 Å². The summed E-state index contributed by atoms with van der Waals surface area (Å²) in [7, 11) is 12.7. The average Bonchev–Trinajstić information content (AvgIpc) is 1.98. The third-order valence-corrected chi connectivity index (χ3v) is 11.3. The van der Waals surface area contributed by atoms with Gasteiger partial charge in [-0.1, -0.05) is 0 Å². The molecule has 0 aliphatic heterocycles. The summed E-state index contributed by atoms with van der Waals surface area (Å²) in [5, 5.41) is 20.0. The van der Waals surface area contributed by atoms with Gasteiger partial charge in [-0.05, 0) is 0 Å². The van der Waals surface area contributed by atoms with E-state index in [4.69, 9.17) is 43.4 Å². The Hall–Kier alpha value is 1.08. The fourth-order valence-electron chi connectivity index (χ4n) is 1.12. The zero-order valence-corrected chi connectivity index (χ0v) is 14.7. The van der Waals surface area contributed by atoms with Gasteiger partial charge in [-0.25, -0.2) is 0 Å². The van der Waals surface area contributed by atoms with Crippen LogP contribution in [0.4, 0.5) is 0 Å². The predicted molar refractivity (Wildman–Crippen MR) is 77.9 cm³/mol. The summed E-state index contributed by atoms with van der Waals surface area (Å²) in [6.45, 7) is 6.09. The summed E-state index contributed by atoms with van der Waals surface area (Å²) >= 11 is 7.83. The molecule has 0 fully saturated rings. The molecule has 0 heterocycles. The Labute approximate surface area is 123 Å². The van der Waals surface area contributed by atoms with E-state index < -0.39 is 22.2 Å². The number of rotatable bonds is 4. The Balaban J connectivity index is 5.71. The fourth-order valence-corrected chi connectivity index (χ4v) is 12.4. The Morgan fingerprint density at radius 2 is 1.12 bits per heavy atom. The van der Waals surface area contributed by atoms with Crippen LogP contribution in [-0.2, 0) is 0 Å². The maximum atomic E-state index is 9.99. The second-order valence-electron chi connectivity index (χ2n) is 4.53. The second kappa shape index (κ2) is 6.02. The molecule has 2 N–H and O–H groups in total. The van der Waals surface area contributed by atoms with E-state index in [2.05, 4.69) is 0 Å². The Bertz CT molecular complexity index is 305. The third-order valence-electron chi connectivity index (χ3n) is 1.96. The summed E-state index contributed by atoms with van der Waals surface area (Å²) in [5.74, 6) is 0. The summed E-state index contributed by atoms with van der Waals surface area (Å²) < 4.78 is 0.570. The van der Waals surface area contributed by atoms with Crippen LogP contribution in [0.2, 0.25) is 0 Å². The van der Waals surface area contributed by atoms with Crippen molar-refractivity contribution in [3.63, 3.8) is 0 Å². The van der Waals surface area contributed by atoms with Gasteiger partial charge in [-0.15, -0.1) is 0 Å². The number of halogens is 4. The number of aliphatic hydroxyl groups is 2. The molecule has 2 nitrogen and oxygen atoms in total. The summed E-state index contributed by atoms with van der Waals surface area (Å²) in [6, 6.07) is 0. The molecule has 7 heteroatoms. The van der Waals surface area contributed by atoms with Crippen molar-refractivity contribution >= 4 is 54.4 Å². The van der Waals surface area contributed by atoms with Gasteiger partial charge >= 0.3 is 124 Å². The van der Waals surface area contributed by atoms with E-state index in [0.717, 1.165) is 11.1 Å². The zero-order chi connectivity index (χ0) is 14.1. The van der Waals surface area contributed by atoms with Crippen molar-refractivity contribution in [1.82, 2.24) is 0 Å². The monoisotopic (exact) mass is 388 g/mol. The molecule has 0 aromatic heterocycles. The summed E-state index contributed by atoms with van der Waals surface area (Å²) in [5.41, 5.74) is -0.235. The molecule has 0 aromatic carbocycles. The molecular weight excluding hydrogens is 373 g/mol. The molecule has 0 aliphatic carbocycles. The van der Waals surface area contributed by atoms with Crippen LogP contribution < -0.4 is 0 Å². The maximum absolute atomic E-state index is 9.99. The van der Waals surface area contributed by atoms with E-state index in [1.54, 1.807) is 0 Å². The standard InChI is InChI=1S/C10H16Cl4O2Se/c1-9(2,15)7(5-11)17(13,14)8(6-12)10(3,4)16/h5-6,15-16H,1-4H3/b7-5-,8-6-. The van der Waals surface area contributed by atoms with Crippen LogP contribution in [0.5, 0.6) is 0 Å². The Morgan fingerprint density at radius 3 is 1.24 bits per heavy atom. The van der Waals surface area contributed by atoms with Crippen LogP contribution in [0, 0.1) is 0 Å². The van der Waals surface area contributed by atoms with Crippen LogP contribution in [0.3, 0.4) is 0 Å². The first-order valence-corrected chi connectivity index (χ1v) is 11.8. The van der Waals surface area contributed by atoms with Gasteiger partial charge in [-0.2, -0.15) is 0 Å². The first-order chi connectivity index (χ1) is 7.39. The van der Waals surface area contributed by atoms with E-state index >= 15 is 0 Å². The van der Waals surface area contributed by atoms with Crippen LogP contribution in [-0.4, -0.2) is 32.4 Å². The topological polar surface area (TPSA) is 40.5 Å². The van der Waals surface area contributed by atoms with Gasteiger partial charge in [0.2, 0.25) is 0 Å². The molecule has 0 unspecified atom stereocenters. The SMILES string of the molecule is CC(C)(O)/C(=C/Cl)[Se](Cl)(Cl)/C(=C\Cl)C(C)(C)O. The van der Waals surface area contributed by atoms with E-state index in [1.165, 1.54) is 27.7 Å². The van der Waals surface area contributed by atoms with Gasteiger partial charge in [0, 0.05) is 0 Å². The molecule has 0 saturated heterocycles. The molecule has 0 atom stereocenters. The first kappa shape index (κ1) is 18.1. The zero-order valence-electron chi connectivity index (χ0n) is 9.97. The van der Waals surface area contributed by atoms with Gasteiger partial charge in [-0.3, -0.25) is 0 Å². The minimum absolute atomic E-state index is 0.285. The van der Waals surface area contributed by atoms with E-state index in [-0.39, 0.29) is 8.94 Å². The van der Waals surface area contributed by atoms with Gasteiger partial charge < -0.3 is 0 Å². The molecule has 0 spiro atoms. The quantitative estimate of drug-likeness (QED) is 0.719. The first-order valence-electron chi connectivity index (χ1n) is 4.68. The van der Waals surface area contributed by atoms with E-state index in [9.17, 15) is 10.2 Å². The Morgan fingerprint density at radius 1 is 0.882 bits per heavy atom. The molecule has 17 heavy (non-hydrogen) atoms. The second-order valence-corrected chi connectivity index (χ2v) is 14.4. The van der Waals surface area contributed by atoms with Gasteiger partial charge in [0.25, 0.3) is 0 Å². The third kappa shape index (κ3) is 4.59. The Kier molecular flexibility index (Phi) is 6.40. The van der Waals surface area contributed by atoms with Crippen LogP contribution in [0.1, 0.15) is 27.7 Å². The predicted octanol–water partition coefficient (Wildman–Crippen LogP) is 3.77. The average molecular weight is 389 g/mol. The normalized spacial score (nSPS) is 17.3. The minimum atomic E-state index is -3.53. The van der Waals surface area contributed by atoms with E-state index in [1.807, 2.05) is 0 Å². The molecule has 0 bridgehead atoms. The molecule has 102 valence electrons. The van der Waals surface area contributed by atoms with Crippen LogP contribution in [0.15, 0.2) is 20.0 Å². The van der Waals surface area contributed by atoms with E-state index in [0.29, 0.717) is 0 Å². The fraction of sp³-hybridized carbons (Fsp3) is 0.600. The number of hydrogen-bond acceptors (Lipinski definition) is 2. The van der Waals surface area contributed by atoms with Gasteiger partial charge in [0.05, 0.1) is 0 Å². The van der Waals surface area contributed by atoms with Crippen molar-refractivity contribution in [3.05, 3.63) is 20.0 Å². The number of hydrogen-bond donors (Lipinski definition) is 2. The summed E-state index contributed by atoms with van der Waals surface area (Å²) in [6.07, 6.45) is 0. The molecule has 0 saturated carbocycles. The molecule has 0 amide bonds. The van der Waals surface area contributed by atoms with Crippen molar-refractivity contribution in [2.24, 2.45) is 0 Å². The molecule has 0 aliphatic rings. The molecule has 0 rings (SSSR count). The molecular formula is C10H16Cl4O2Se. The molecule has 0 radical (unpaired) electrons. The van der Waals surface area contributed by atoms with Crippen molar-refractivity contribution in [2.45, 2.75) is 38.9 Å². The van der Waals surface area contributed by atoms with Crippen molar-refractivity contribution < 1.29 is 10.2 Å². The summed E-state index contributed by atoms with van der Waals surface area (Å²) in [4.78, 5) is 0. The van der Waals surface area contributed by atoms with Crippen molar-refractivity contribution in [2.75, 3.05) is 0 Å².